The lowest BCUT2D eigenvalue weighted by Crippen LogP contribution is -2.50. The molecule has 0 bridgehead atoms. The summed E-state index contributed by atoms with van der Waals surface area (Å²) in [6, 6.07) is 0. The average Bonchev–Trinajstić information content (AvgIpc) is 3.52. The van der Waals surface area contributed by atoms with Crippen molar-refractivity contribution < 1.29 is 13.2 Å². The molecule has 2 aliphatic carbocycles. The maximum Gasteiger partial charge on any atom is 0.392 e. The minimum Gasteiger partial charge on any atom is -0.171 e. The van der Waals surface area contributed by atoms with Gasteiger partial charge in [0.05, 0.1) is 5.92 Å². The molecule has 0 saturated heterocycles. The zero-order valence-electron chi connectivity index (χ0n) is 19.8. The highest BCUT2D eigenvalue weighted by atomic mass is 127. The van der Waals surface area contributed by atoms with Crippen LogP contribution in [0.4, 0.5) is 13.2 Å². The van der Waals surface area contributed by atoms with E-state index in [-0.39, 0.29) is 11.8 Å². The molecule has 0 spiro atoms. The Morgan fingerprint density at radius 1 is 1.10 bits per heavy atom. The first-order valence-corrected chi connectivity index (χ1v) is 13.6. The highest BCUT2D eigenvalue weighted by Crippen LogP contribution is 2.58. The molecule has 2 fully saturated rings. The van der Waals surface area contributed by atoms with Gasteiger partial charge in [-0.3, -0.25) is 0 Å². The third-order valence-electron chi connectivity index (χ3n) is 8.80. The topological polar surface area (TPSA) is 0 Å². The minimum absolute atomic E-state index is 0.136. The van der Waals surface area contributed by atoms with Crippen molar-refractivity contribution in [1.82, 2.24) is 0 Å². The first kappa shape index (κ1) is 26.5. The second-order valence-electron chi connectivity index (χ2n) is 10.6. The van der Waals surface area contributed by atoms with Gasteiger partial charge in [-0.1, -0.05) is 75.3 Å². The number of allylic oxidation sites excluding steroid dienone is 2. The molecule has 0 aromatic heterocycles. The van der Waals surface area contributed by atoms with E-state index >= 15 is 0 Å². The van der Waals surface area contributed by atoms with Crippen LogP contribution in [-0.2, 0) is 0 Å². The number of unbranched alkanes of at least 4 members (excludes halogenated alkanes) is 1. The molecule has 176 valence electrons. The van der Waals surface area contributed by atoms with Crippen molar-refractivity contribution in [2.45, 2.75) is 109 Å². The van der Waals surface area contributed by atoms with E-state index in [1.54, 1.807) is 0 Å². The maximum absolute atomic E-state index is 14.3. The zero-order valence-corrected chi connectivity index (χ0v) is 21.9. The first-order chi connectivity index (χ1) is 14.0. The van der Waals surface area contributed by atoms with E-state index < -0.39 is 17.5 Å². The molecule has 0 radical (unpaired) electrons. The molecule has 0 aromatic rings. The molecule has 2 saturated carbocycles. The number of rotatable bonds is 8. The smallest absolute Gasteiger partial charge is 0.171 e. The Kier molecular flexibility index (Phi) is 10.1. The fourth-order valence-electron chi connectivity index (χ4n) is 6.28. The molecule has 0 aliphatic heterocycles. The van der Waals surface area contributed by atoms with Crippen molar-refractivity contribution in [3.8, 4) is 0 Å². The second kappa shape index (κ2) is 11.4. The molecule has 7 atom stereocenters. The zero-order chi connectivity index (χ0) is 22.5. The van der Waals surface area contributed by atoms with Crippen molar-refractivity contribution in [2.75, 3.05) is 0 Å². The normalized spacial score (nSPS) is 36.2. The van der Waals surface area contributed by atoms with Crippen LogP contribution in [0.2, 0.25) is 0 Å². The van der Waals surface area contributed by atoms with E-state index in [0.29, 0.717) is 15.8 Å². The standard InChI is InChI=1S/C26H44F3I/c1-6-7-8-9-12-22-13-10-11-14-24(30)19(3)23(17-18(2)21-15-16-21)25(22,5)20(4)26(27,28)29/h6-7,18-24H,8-17H2,1-5H3/b7-6-/t18-,19-,20-,22?,23?,24?,25+/m1/s1. The van der Waals surface area contributed by atoms with Gasteiger partial charge in [0, 0.05) is 3.92 Å². The molecule has 2 aliphatic rings. The van der Waals surface area contributed by atoms with Crippen molar-refractivity contribution in [2.24, 2.45) is 40.9 Å². The minimum atomic E-state index is -4.13. The lowest BCUT2D eigenvalue weighted by atomic mass is 9.54. The SMILES string of the molecule is C/C=C\CCCC1CCCCC(I)[C@H](C)C(C[C@@H](C)C2CC2)[C@@]1(C)[C@@H](C)C(F)(F)F. The van der Waals surface area contributed by atoms with Crippen LogP contribution < -0.4 is 0 Å². The van der Waals surface area contributed by atoms with Gasteiger partial charge in [-0.15, -0.1) is 0 Å². The lowest BCUT2D eigenvalue weighted by Gasteiger charge is -2.52. The quantitative estimate of drug-likeness (QED) is 0.124. The van der Waals surface area contributed by atoms with Crippen molar-refractivity contribution >= 4 is 22.6 Å². The van der Waals surface area contributed by atoms with Gasteiger partial charge in [0.25, 0.3) is 0 Å². The van der Waals surface area contributed by atoms with E-state index in [2.05, 4.69) is 48.6 Å². The van der Waals surface area contributed by atoms with Crippen LogP contribution in [0.25, 0.3) is 0 Å². The van der Waals surface area contributed by atoms with E-state index in [9.17, 15) is 13.2 Å². The van der Waals surface area contributed by atoms with Crippen LogP contribution in [0.15, 0.2) is 12.2 Å². The molecule has 30 heavy (non-hydrogen) atoms. The Balaban J connectivity index is 2.44. The average molecular weight is 541 g/mol. The van der Waals surface area contributed by atoms with Crippen LogP contribution in [0.3, 0.4) is 0 Å². The molecule has 2 rings (SSSR count). The summed E-state index contributed by atoms with van der Waals surface area (Å²) in [4.78, 5) is 0. The predicted molar refractivity (Wildman–Crippen MR) is 131 cm³/mol. The molecule has 0 heterocycles. The van der Waals surface area contributed by atoms with E-state index in [4.69, 9.17) is 0 Å². The summed E-state index contributed by atoms with van der Waals surface area (Å²) in [7, 11) is 0. The number of hydrogen-bond acceptors (Lipinski definition) is 0. The monoisotopic (exact) mass is 540 g/mol. The van der Waals surface area contributed by atoms with Crippen LogP contribution in [0, 0.1) is 40.9 Å². The highest BCUT2D eigenvalue weighted by molar-refractivity contribution is 14.1. The summed E-state index contributed by atoms with van der Waals surface area (Å²) < 4.78 is 43.4. The van der Waals surface area contributed by atoms with Crippen molar-refractivity contribution in [3.05, 3.63) is 12.2 Å². The van der Waals surface area contributed by atoms with E-state index in [1.807, 2.05) is 13.8 Å². The number of hydrogen-bond donors (Lipinski definition) is 0. The van der Waals surface area contributed by atoms with Crippen LogP contribution in [0.1, 0.15) is 98.8 Å². The molecule has 0 N–H and O–H groups in total. The predicted octanol–water partition coefficient (Wildman–Crippen LogP) is 9.62. The van der Waals surface area contributed by atoms with Gasteiger partial charge in [0.15, 0.2) is 0 Å². The molecular formula is C26H44F3I. The molecule has 3 unspecified atom stereocenters. The Labute approximate surface area is 197 Å². The molecule has 4 heteroatoms. The summed E-state index contributed by atoms with van der Waals surface area (Å²) in [5.41, 5.74) is -0.690. The van der Waals surface area contributed by atoms with E-state index in [0.717, 1.165) is 57.3 Å². The first-order valence-electron chi connectivity index (χ1n) is 12.3. The third-order valence-corrected chi connectivity index (χ3v) is 10.6. The van der Waals surface area contributed by atoms with Gasteiger partial charge in [-0.05, 0) is 93.3 Å². The maximum atomic E-state index is 14.3. The lowest BCUT2D eigenvalue weighted by molar-refractivity contribution is -0.224. The van der Waals surface area contributed by atoms with Gasteiger partial charge < -0.3 is 0 Å². The Bertz CT molecular complexity index is 539. The Morgan fingerprint density at radius 3 is 2.30 bits per heavy atom. The van der Waals surface area contributed by atoms with Gasteiger partial charge >= 0.3 is 6.18 Å². The Morgan fingerprint density at radius 2 is 1.73 bits per heavy atom. The van der Waals surface area contributed by atoms with Gasteiger partial charge in [0.1, 0.15) is 0 Å². The third kappa shape index (κ3) is 6.63. The van der Waals surface area contributed by atoms with E-state index in [1.165, 1.54) is 19.8 Å². The number of alkyl halides is 4. The summed E-state index contributed by atoms with van der Waals surface area (Å²) in [5, 5.41) is 0. The summed E-state index contributed by atoms with van der Waals surface area (Å²) in [6.45, 7) is 10.1. The molecule has 0 nitrogen and oxygen atoms in total. The molecule has 0 aromatic carbocycles. The molecular weight excluding hydrogens is 496 g/mol. The van der Waals surface area contributed by atoms with Gasteiger partial charge in [-0.25, -0.2) is 0 Å². The molecule has 0 amide bonds. The Hall–Kier alpha value is 0.260. The second-order valence-corrected chi connectivity index (χ2v) is 12.2. The van der Waals surface area contributed by atoms with Gasteiger partial charge in [0.2, 0.25) is 0 Å². The van der Waals surface area contributed by atoms with Crippen LogP contribution in [-0.4, -0.2) is 10.1 Å². The largest absolute Gasteiger partial charge is 0.392 e. The highest BCUT2D eigenvalue weighted by Gasteiger charge is 2.56. The van der Waals surface area contributed by atoms with Crippen molar-refractivity contribution in [1.29, 1.82) is 0 Å². The summed E-state index contributed by atoms with van der Waals surface area (Å²) in [5.74, 6) is 0.660. The van der Waals surface area contributed by atoms with Crippen LogP contribution >= 0.6 is 22.6 Å². The fraction of sp³-hybridized carbons (Fsp3) is 0.923. The van der Waals surface area contributed by atoms with Crippen molar-refractivity contribution in [3.63, 3.8) is 0 Å². The fourth-order valence-corrected chi connectivity index (χ4v) is 7.23. The van der Waals surface area contributed by atoms with Crippen LogP contribution in [0.5, 0.6) is 0 Å². The summed E-state index contributed by atoms with van der Waals surface area (Å²) in [6.07, 6.45) is 10.8. The summed E-state index contributed by atoms with van der Waals surface area (Å²) >= 11 is 2.55. The van der Waals surface area contributed by atoms with Gasteiger partial charge in [-0.2, -0.15) is 13.2 Å². The number of halogens is 4.